The summed E-state index contributed by atoms with van der Waals surface area (Å²) < 4.78 is 0. The third-order valence-electron chi connectivity index (χ3n) is 3.41. The van der Waals surface area contributed by atoms with E-state index in [1.54, 1.807) is 0 Å². The van der Waals surface area contributed by atoms with Gasteiger partial charge in [0, 0.05) is 5.56 Å². The van der Waals surface area contributed by atoms with Crippen LogP contribution >= 0.6 is 0 Å². The Morgan fingerprint density at radius 3 is 2.17 bits per heavy atom. The highest BCUT2D eigenvalue weighted by Crippen LogP contribution is 2.32. The van der Waals surface area contributed by atoms with Crippen LogP contribution in [0, 0.1) is 6.92 Å². The summed E-state index contributed by atoms with van der Waals surface area (Å²) in [6.07, 6.45) is 0. The second kappa shape index (κ2) is 4.58. The zero-order valence-corrected chi connectivity index (χ0v) is 11.7. The lowest BCUT2D eigenvalue weighted by atomic mass is 9.84. The lowest BCUT2D eigenvalue weighted by Gasteiger charge is -2.20. The van der Waals surface area contributed by atoms with E-state index in [9.17, 15) is 0 Å². The fourth-order valence-electron chi connectivity index (χ4n) is 2.17. The molecule has 1 nitrogen and oxygen atoms in total. The summed E-state index contributed by atoms with van der Waals surface area (Å²) in [6, 6.07) is 15.1. The third kappa shape index (κ3) is 2.46. The summed E-state index contributed by atoms with van der Waals surface area (Å²) in [5.74, 6) is 0. The Kier molecular flexibility index (Phi) is 3.27. The number of hydrogen-bond donors (Lipinski definition) is 1. The summed E-state index contributed by atoms with van der Waals surface area (Å²) in [6.45, 7) is 8.88. The van der Waals surface area contributed by atoms with Gasteiger partial charge in [0.25, 0.3) is 0 Å². The molecular weight excluding hydrogens is 218 g/mol. The van der Waals surface area contributed by atoms with Gasteiger partial charge in [-0.2, -0.15) is 0 Å². The van der Waals surface area contributed by atoms with E-state index < -0.39 is 0 Å². The first kappa shape index (κ1) is 12.8. The van der Waals surface area contributed by atoms with Crippen molar-refractivity contribution in [3.63, 3.8) is 0 Å². The first-order valence-corrected chi connectivity index (χ1v) is 6.42. The molecule has 0 aliphatic rings. The fraction of sp³-hybridized carbons (Fsp3) is 0.294. The topological polar surface area (TPSA) is 27.6 Å². The second-order valence-corrected chi connectivity index (χ2v) is 5.94. The molecular formula is C17H22N+. The van der Waals surface area contributed by atoms with E-state index in [4.69, 9.17) is 0 Å². The second-order valence-electron chi connectivity index (χ2n) is 5.94. The number of hydrogen-bond acceptors (Lipinski definition) is 0. The van der Waals surface area contributed by atoms with Crippen LogP contribution in [0.4, 0.5) is 5.69 Å². The van der Waals surface area contributed by atoms with Gasteiger partial charge in [0.15, 0.2) is 0 Å². The molecule has 0 spiro atoms. The molecule has 0 amide bonds. The van der Waals surface area contributed by atoms with E-state index in [1.165, 1.54) is 22.3 Å². The average molecular weight is 240 g/mol. The van der Waals surface area contributed by atoms with Crippen molar-refractivity contribution in [1.29, 1.82) is 0 Å². The van der Waals surface area contributed by atoms with Gasteiger partial charge in [0.05, 0.1) is 0 Å². The van der Waals surface area contributed by atoms with Gasteiger partial charge >= 0.3 is 0 Å². The summed E-state index contributed by atoms with van der Waals surface area (Å²) in [5.41, 5.74) is 10.6. The van der Waals surface area contributed by atoms with Gasteiger partial charge in [-0.15, -0.1) is 0 Å². The minimum absolute atomic E-state index is 0.172. The Bertz CT molecular complexity index is 562. The van der Waals surface area contributed by atoms with Gasteiger partial charge in [0.2, 0.25) is 0 Å². The predicted molar refractivity (Wildman–Crippen MR) is 77.9 cm³/mol. The molecule has 1 heteroatoms. The van der Waals surface area contributed by atoms with E-state index in [0.29, 0.717) is 0 Å². The normalized spacial score (nSPS) is 11.6. The van der Waals surface area contributed by atoms with E-state index in [-0.39, 0.29) is 5.41 Å². The Hall–Kier alpha value is -1.60. The Balaban J connectivity index is 2.61. The molecule has 0 saturated carbocycles. The van der Waals surface area contributed by atoms with Crippen LogP contribution in [0.5, 0.6) is 0 Å². The van der Waals surface area contributed by atoms with Gasteiger partial charge < -0.3 is 5.73 Å². The molecule has 0 aliphatic carbocycles. The van der Waals surface area contributed by atoms with Crippen LogP contribution in [-0.2, 0) is 5.41 Å². The van der Waals surface area contributed by atoms with E-state index >= 15 is 0 Å². The van der Waals surface area contributed by atoms with Crippen molar-refractivity contribution in [2.45, 2.75) is 33.1 Å². The van der Waals surface area contributed by atoms with Crippen molar-refractivity contribution in [2.24, 2.45) is 0 Å². The minimum atomic E-state index is 0.172. The van der Waals surface area contributed by atoms with E-state index in [1.807, 2.05) is 0 Å². The highest BCUT2D eigenvalue weighted by Gasteiger charge is 2.17. The molecule has 18 heavy (non-hydrogen) atoms. The van der Waals surface area contributed by atoms with Crippen LogP contribution in [0.25, 0.3) is 11.1 Å². The van der Waals surface area contributed by atoms with Crippen LogP contribution in [0.1, 0.15) is 31.9 Å². The van der Waals surface area contributed by atoms with E-state index in [2.05, 4.69) is 75.9 Å². The fourth-order valence-corrected chi connectivity index (χ4v) is 2.17. The monoisotopic (exact) mass is 240 g/mol. The molecule has 2 rings (SSSR count). The molecule has 0 heterocycles. The summed E-state index contributed by atoms with van der Waals surface area (Å²) in [4.78, 5) is 0. The zero-order chi connectivity index (χ0) is 13.3. The zero-order valence-electron chi connectivity index (χ0n) is 11.7. The third-order valence-corrected chi connectivity index (χ3v) is 3.41. The average Bonchev–Trinajstić information content (AvgIpc) is 2.29. The molecule has 0 atom stereocenters. The minimum Gasteiger partial charge on any atom is -0.325 e. The first-order chi connectivity index (χ1) is 8.39. The van der Waals surface area contributed by atoms with Gasteiger partial charge in [-0.05, 0) is 41.2 Å². The smallest absolute Gasteiger partial charge is 0.135 e. The van der Waals surface area contributed by atoms with Crippen molar-refractivity contribution >= 4 is 5.69 Å². The van der Waals surface area contributed by atoms with Gasteiger partial charge in [0.1, 0.15) is 5.69 Å². The predicted octanol–water partition coefficient (Wildman–Crippen LogP) is 3.83. The number of rotatable bonds is 1. The molecule has 2 aromatic rings. The molecule has 0 aromatic heterocycles. The Morgan fingerprint density at radius 2 is 1.56 bits per heavy atom. The summed E-state index contributed by atoms with van der Waals surface area (Å²) in [7, 11) is 0. The maximum Gasteiger partial charge on any atom is 0.135 e. The molecule has 0 radical (unpaired) electrons. The molecule has 94 valence electrons. The standard InChI is InChI=1S/C17H21N/c1-12-7-5-6-8-14(12)15-11-13(17(2,3)4)9-10-16(15)18/h5-11H,18H2,1-4H3/p+1. The van der Waals surface area contributed by atoms with Crippen LogP contribution in [0.2, 0.25) is 0 Å². The maximum absolute atomic E-state index is 4.16. The van der Waals surface area contributed by atoms with Crippen molar-refractivity contribution in [3.05, 3.63) is 53.6 Å². The number of aryl methyl sites for hydroxylation is 1. The largest absolute Gasteiger partial charge is 0.325 e. The maximum atomic E-state index is 4.16. The van der Waals surface area contributed by atoms with Crippen LogP contribution in [0.3, 0.4) is 0 Å². The summed E-state index contributed by atoms with van der Waals surface area (Å²) in [5, 5.41) is 0. The molecule has 0 fully saturated rings. The molecule has 0 unspecified atom stereocenters. The molecule has 0 saturated heterocycles. The molecule has 0 bridgehead atoms. The number of quaternary nitrogens is 1. The Morgan fingerprint density at radius 1 is 0.889 bits per heavy atom. The lowest BCUT2D eigenvalue weighted by molar-refractivity contribution is -0.253. The van der Waals surface area contributed by atoms with Gasteiger partial charge in [-0.3, -0.25) is 0 Å². The van der Waals surface area contributed by atoms with Crippen molar-refractivity contribution in [1.82, 2.24) is 0 Å². The highest BCUT2D eigenvalue weighted by atomic mass is 14.6. The van der Waals surface area contributed by atoms with Crippen LogP contribution in [0.15, 0.2) is 42.5 Å². The highest BCUT2D eigenvalue weighted by molar-refractivity contribution is 5.76. The van der Waals surface area contributed by atoms with Crippen LogP contribution in [-0.4, -0.2) is 0 Å². The van der Waals surface area contributed by atoms with Crippen molar-refractivity contribution < 1.29 is 5.73 Å². The Labute approximate surface area is 110 Å². The molecule has 3 N–H and O–H groups in total. The SMILES string of the molecule is Cc1ccccc1-c1cc(C(C)(C)C)ccc1[NH3+]. The van der Waals surface area contributed by atoms with E-state index in [0.717, 1.165) is 5.69 Å². The lowest BCUT2D eigenvalue weighted by Crippen LogP contribution is -2.41. The quantitative estimate of drug-likeness (QED) is 0.784. The van der Waals surface area contributed by atoms with Crippen molar-refractivity contribution in [2.75, 3.05) is 0 Å². The molecule has 2 aromatic carbocycles. The molecule has 0 aliphatic heterocycles. The van der Waals surface area contributed by atoms with Gasteiger partial charge in [-0.1, -0.05) is 51.1 Å². The first-order valence-electron chi connectivity index (χ1n) is 6.42. The summed E-state index contributed by atoms with van der Waals surface area (Å²) >= 11 is 0. The number of benzene rings is 2. The van der Waals surface area contributed by atoms with Crippen molar-refractivity contribution in [3.8, 4) is 11.1 Å². The van der Waals surface area contributed by atoms with Gasteiger partial charge in [-0.25, -0.2) is 0 Å². The van der Waals surface area contributed by atoms with Crippen LogP contribution < -0.4 is 5.73 Å².